The molecule has 1 aliphatic rings. The molecule has 0 N–H and O–H groups in total. The van der Waals surface area contributed by atoms with Gasteiger partial charge in [0.15, 0.2) is 12.3 Å². The standard InChI is InChI=1S/C19H23FO8/c1-11(21)25-17-16(20)15(10-24-9-14-7-5-4-6-8-14)28-19(27-13(3)23)18(17)26-12(2)22/h4-8,15-19H,9-10H2,1-3H3/t15-,16+,17+,18-,19+/m1/s1. The van der Waals surface area contributed by atoms with Crippen LogP contribution in [0.2, 0.25) is 0 Å². The molecule has 0 bridgehead atoms. The lowest BCUT2D eigenvalue weighted by Crippen LogP contribution is -2.60. The van der Waals surface area contributed by atoms with Crippen LogP contribution in [-0.2, 0) is 44.7 Å². The third-order valence-corrected chi connectivity index (χ3v) is 3.85. The van der Waals surface area contributed by atoms with Gasteiger partial charge in [-0.2, -0.15) is 0 Å². The van der Waals surface area contributed by atoms with Crippen molar-refractivity contribution in [3.8, 4) is 0 Å². The first-order chi connectivity index (χ1) is 13.3. The zero-order valence-corrected chi connectivity index (χ0v) is 15.8. The molecule has 0 radical (unpaired) electrons. The molecule has 154 valence electrons. The van der Waals surface area contributed by atoms with Gasteiger partial charge in [-0.1, -0.05) is 30.3 Å². The predicted octanol–water partition coefficient (Wildman–Crippen LogP) is 1.69. The van der Waals surface area contributed by atoms with Crippen LogP contribution in [0.15, 0.2) is 30.3 Å². The molecule has 0 saturated carbocycles. The number of carbonyl (C=O) groups is 3. The molecule has 0 aliphatic carbocycles. The Morgan fingerprint density at radius 1 is 0.929 bits per heavy atom. The van der Waals surface area contributed by atoms with Gasteiger partial charge in [0.25, 0.3) is 0 Å². The summed E-state index contributed by atoms with van der Waals surface area (Å²) in [4.78, 5) is 34.2. The normalized spacial score (nSPS) is 26.9. The smallest absolute Gasteiger partial charge is 0.305 e. The first-order valence-electron chi connectivity index (χ1n) is 8.70. The van der Waals surface area contributed by atoms with E-state index in [1.54, 1.807) is 0 Å². The molecular weight excluding hydrogens is 375 g/mol. The Balaban J connectivity index is 2.13. The molecule has 0 spiro atoms. The van der Waals surface area contributed by atoms with E-state index in [0.717, 1.165) is 26.3 Å². The maximum absolute atomic E-state index is 15.0. The lowest BCUT2D eigenvalue weighted by atomic mass is 10.00. The van der Waals surface area contributed by atoms with Gasteiger partial charge in [0.1, 0.15) is 6.10 Å². The minimum Gasteiger partial charge on any atom is -0.455 e. The Morgan fingerprint density at radius 2 is 1.50 bits per heavy atom. The van der Waals surface area contributed by atoms with Gasteiger partial charge in [0.2, 0.25) is 12.4 Å². The maximum atomic E-state index is 15.0. The SMILES string of the molecule is CC(=O)O[C@H]1O[C@H](COCc2ccccc2)[C@H](F)[C@H](OC(C)=O)[C@H]1OC(C)=O. The minimum atomic E-state index is -1.86. The van der Waals surface area contributed by atoms with Crippen LogP contribution < -0.4 is 0 Å². The molecule has 9 heteroatoms. The van der Waals surface area contributed by atoms with E-state index in [2.05, 4.69) is 0 Å². The molecule has 1 aromatic carbocycles. The Labute approximate surface area is 161 Å². The third-order valence-electron chi connectivity index (χ3n) is 3.85. The van der Waals surface area contributed by atoms with Gasteiger partial charge in [-0.25, -0.2) is 4.39 Å². The van der Waals surface area contributed by atoms with Crippen molar-refractivity contribution in [2.75, 3.05) is 6.61 Å². The molecular formula is C19H23FO8. The van der Waals surface area contributed by atoms with E-state index in [1.165, 1.54) is 0 Å². The summed E-state index contributed by atoms with van der Waals surface area (Å²) in [6.07, 6.45) is -7.46. The molecule has 1 aliphatic heterocycles. The van der Waals surface area contributed by atoms with E-state index in [0.29, 0.717) is 0 Å². The highest BCUT2D eigenvalue weighted by Crippen LogP contribution is 2.29. The van der Waals surface area contributed by atoms with Gasteiger partial charge in [-0.05, 0) is 5.56 Å². The van der Waals surface area contributed by atoms with E-state index in [1.807, 2.05) is 30.3 Å². The highest BCUT2D eigenvalue weighted by atomic mass is 19.1. The molecule has 5 atom stereocenters. The Kier molecular flexibility index (Phi) is 7.89. The van der Waals surface area contributed by atoms with Crippen LogP contribution in [0.5, 0.6) is 0 Å². The molecule has 1 fully saturated rings. The lowest BCUT2D eigenvalue weighted by molar-refractivity contribution is -0.290. The molecule has 0 unspecified atom stereocenters. The molecule has 1 saturated heterocycles. The van der Waals surface area contributed by atoms with Crippen molar-refractivity contribution in [2.45, 2.75) is 58.2 Å². The molecule has 1 heterocycles. The summed E-state index contributed by atoms with van der Waals surface area (Å²) in [6.45, 7) is 3.32. The summed E-state index contributed by atoms with van der Waals surface area (Å²) >= 11 is 0. The van der Waals surface area contributed by atoms with Gasteiger partial charge in [0, 0.05) is 20.8 Å². The number of ether oxygens (including phenoxy) is 5. The molecule has 0 amide bonds. The van der Waals surface area contributed by atoms with E-state index in [9.17, 15) is 18.8 Å². The zero-order chi connectivity index (χ0) is 20.7. The average molecular weight is 398 g/mol. The number of esters is 3. The van der Waals surface area contributed by atoms with E-state index >= 15 is 0 Å². The zero-order valence-electron chi connectivity index (χ0n) is 15.8. The first-order valence-corrected chi connectivity index (χ1v) is 8.70. The fraction of sp³-hybridized carbons (Fsp3) is 0.526. The second-order valence-electron chi connectivity index (χ2n) is 6.25. The minimum absolute atomic E-state index is 0.196. The second-order valence-corrected chi connectivity index (χ2v) is 6.25. The molecule has 2 rings (SSSR count). The van der Waals surface area contributed by atoms with Gasteiger partial charge < -0.3 is 23.7 Å². The number of carbonyl (C=O) groups excluding carboxylic acids is 3. The molecule has 28 heavy (non-hydrogen) atoms. The van der Waals surface area contributed by atoms with E-state index in [-0.39, 0.29) is 13.2 Å². The number of alkyl halides is 1. The Hall–Kier alpha value is -2.52. The van der Waals surface area contributed by atoms with Crippen molar-refractivity contribution in [1.82, 2.24) is 0 Å². The summed E-state index contributed by atoms with van der Waals surface area (Å²) in [5.41, 5.74) is 0.875. The third kappa shape index (κ3) is 6.28. The average Bonchev–Trinajstić information content (AvgIpc) is 2.61. The maximum Gasteiger partial charge on any atom is 0.305 e. The number of halogens is 1. The van der Waals surface area contributed by atoms with E-state index in [4.69, 9.17) is 23.7 Å². The largest absolute Gasteiger partial charge is 0.455 e. The molecule has 0 aromatic heterocycles. The van der Waals surface area contributed by atoms with Crippen LogP contribution in [0.3, 0.4) is 0 Å². The van der Waals surface area contributed by atoms with Crippen molar-refractivity contribution in [2.24, 2.45) is 0 Å². The highest BCUT2D eigenvalue weighted by Gasteiger charge is 2.52. The fourth-order valence-corrected chi connectivity index (χ4v) is 2.77. The van der Waals surface area contributed by atoms with E-state index < -0.39 is 48.7 Å². The fourth-order valence-electron chi connectivity index (χ4n) is 2.77. The highest BCUT2D eigenvalue weighted by molar-refractivity contribution is 5.68. The van der Waals surface area contributed by atoms with Crippen LogP contribution in [0.4, 0.5) is 4.39 Å². The number of hydrogen-bond acceptors (Lipinski definition) is 8. The Bertz CT molecular complexity index is 680. The van der Waals surface area contributed by atoms with Crippen LogP contribution in [0.1, 0.15) is 26.3 Å². The Morgan fingerprint density at radius 3 is 2.07 bits per heavy atom. The quantitative estimate of drug-likeness (QED) is 0.506. The van der Waals surface area contributed by atoms with Gasteiger partial charge in [0.05, 0.1) is 13.2 Å². The first kappa shape index (κ1) is 21.8. The van der Waals surface area contributed by atoms with Crippen molar-refractivity contribution in [1.29, 1.82) is 0 Å². The predicted molar refractivity (Wildman–Crippen MR) is 92.5 cm³/mol. The van der Waals surface area contributed by atoms with Crippen LogP contribution in [0, 0.1) is 0 Å². The number of benzene rings is 1. The lowest BCUT2D eigenvalue weighted by Gasteiger charge is -2.41. The van der Waals surface area contributed by atoms with Crippen LogP contribution in [0.25, 0.3) is 0 Å². The van der Waals surface area contributed by atoms with Crippen molar-refractivity contribution in [3.63, 3.8) is 0 Å². The van der Waals surface area contributed by atoms with Crippen LogP contribution >= 0.6 is 0 Å². The summed E-state index contributed by atoms with van der Waals surface area (Å²) in [6, 6.07) is 9.22. The molecule has 8 nitrogen and oxygen atoms in total. The van der Waals surface area contributed by atoms with Gasteiger partial charge >= 0.3 is 17.9 Å². The summed E-state index contributed by atoms with van der Waals surface area (Å²) < 4.78 is 41.0. The summed E-state index contributed by atoms with van der Waals surface area (Å²) in [7, 11) is 0. The monoisotopic (exact) mass is 398 g/mol. The van der Waals surface area contributed by atoms with Crippen molar-refractivity contribution >= 4 is 17.9 Å². The van der Waals surface area contributed by atoms with Crippen molar-refractivity contribution in [3.05, 3.63) is 35.9 Å². The summed E-state index contributed by atoms with van der Waals surface area (Å²) in [5, 5.41) is 0. The second kappa shape index (κ2) is 10.1. The summed E-state index contributed by atoms with van der Waals surface area (Å²) in [5.74, 6) is -2.28. The molecule has 1 aromatic rings. The van der Waals surface area contributed by atoms with Gasteiger partial charge in [-0.15, -0.1) is 0 Å². The van der Waals surface area contributed by atoms with Crippen LogP contribution in [-0.4, -0.2) is 55.3 Å². The number of hydrogen-bond donors (Lipinski definition) is 0. The van der Waals surface area contributed by atoms with Gasteiger partial charge in [-0.3, -0.25) is 14.4 Å². The van der Waals surface area contributed by atoms with Crippen molar-refractivity contribution < 1.29 is 42.5 Å². The topological polar surface area (TPSA) is 97.4 Å². The number of rotatable bonds is 7.